The smallest absolute Gasteiger partial charge is 0.326 e. The molecule has 1 heterocycles. The number of aromatic nitrogens is 1. The second-order valence-corrected chi connectivity index (χ2v) is 10.8. The summed E-state index contributed by atoms with van der Waals surface area (Å²) < 4.78 is 0. The number of primary amides is 1. The molecule has 15 heteroatoms. The molecule has 0 aliphatic rings. The number of para-hydroxylation sites is 1. The van der Waals surface area contributed by atoms with Gasteiger partial charge in [-0.3, -0.25) is 24.2 Å². The SMILES string of the molecule is NC(=O)CCC(NC(=O)C(N)Cc1c[nH]c2ccccc12)C(=O)NC(Cc1ccccc1)C(=O)NC(CCCN=C(N)N)C(=O)O. The van der Waals surface area contributed by atoms with Gasteiger partial charge in [0, 0.05) is 36.5 Å². The van der Waals surface area contributed by atoms with E-state index in [0.29, 0.717) is 5.56 Å². The molecule has 4 atom stereocenters. The molecule has 0 saturated carbocycles. The minimum atomic E-state index is -1.29. The number of amides is 4. The molecule has 0 aliphatic heterocycles. The van der Waals surface area contributed by atoms with Crippen molar-refractivity contribution in [3.63, 3.8) is 0 Å². The van der Waals surface area contributed by atoms with Crippen LogP contribution in [-0.2, 0) is 36.8 Å². The van der Waals surface area contributed by atoms with Gasteiger partial charge in [0.2, 0.25) is 23.6 Å². The highest BCUT2D eigenvalue weighted by Gasteiger charge is 2.31. The van der Waals surface area contributed by atoms with Crippen LogP contribution in [0.25, 0.3) is 10.9 Å². The van der Waals surface area contributed by atoms with Gasteiger partial charge >= 0.3 is 5.97 Å². The van der Waals surface area contributed by atoms with E-state index in [0.717, 1.165) is 16.5 Å². The summed E-state index contributed by atoms with van der Waals surface area (Å²) in [5, 5.41) is 18.3. The van der Waals surface area contributed by atoms with Crippen molar-refractivity contribution in [3.8, 4) is 0 Å². The van der Waals surface area contributed by atoms with Crippen LogP contribution >= 0.6 is 0 Å². The maximum absolute atomic E-state index is 13.5. The number of hydrogen-bond donors (Lipinski definition) is 9. The van der Waals surface area contributed by atoms with Gasteiger partial charge in [0.25, 0.3) is 0 Å². The van der Waals surface area contributed by atoms with Crippen LogP contribution in [0.5, 0.6) is 0 Å². The molecule has 0 spiro atoms. The number of carbonyl (C=O) groups is 5. The minimum Gasteiger partial charge on any atom is -0.480 e. The molecule has 0 fully saturated rings. The fraction of sp³-hybridized carbons (Fsp3) is 0.355. The first-order chi connectivity index (χ1) is 21.9. The quantitative estimate of drug-likeness (QED) is 0.0477. The van der Waals surface area contributed by atoms with Crippen LogP contribution < -0.4 is 38.9 Å². The van der Waals surface area contributed by atoms with Crippen molar-refractivity contribution >= 4 is 46.5 Å². The van der Waals surface area contributed by atoms with Gasteiger partial charge in [0.05, 0.1) is 6.04 Å². The third-order valence-corrected chi connectivity index (χ3v) is 7.24. The Balaban J connectivity index is 1.75. The number of H-pyrrole nitrogens is 1. The van der Waals surface area contributed by atoms with Crippen LogP contribution in [0.15, 0.2) is 65.8 Å². The lowest BCUT2D eigenvalue weighted by Crippen LogP contribution is -2.57. The fourth-order valence-electron chi connectivity index (χ4n) is 4.83. The molecule has 0 saturated heterocycles. The van der Waals surface area contributed by atoms with Gasteiger partial charge in [-0.05, 0) is 42.9 Å². The molecule has 1 aromatic heterocycles. The molecule has 13 N–H and O–H groups in total. The molecule has 246 valence electrons. The van der Waals surface area contributed by atoms with Crippen molar-refractivity contribution < 1.29 is 29.1 Å². The third-order valence-electron chi connectivity index (χ3n) is 7.24. The number of carbonyl (C=O) groups excluding carboxylic acids is 4. The number of nitrogens with one attached hydrogen (secondary N) is 4. The number of aliphatic imine (C=N–C) groups is 1. The third kappa shape index (κ3) is 10.9. The Kier molecular flexibility index (Phi) is 13.1. The maximum atomic E-state index is 13.5. The van der Waals surface area contributed by atoms with E-state index in [9.17, 15) is 29.1 Å². The summed E-state index contributed by atoms with van der Waals surface area (Å²) >= 11 is 0. The number of aliphatic carboxylic acids is 1. The number of nitrogens with two attached hydrogens (primary N) is 4. The van der Waals surface area contributed by atoms with Gasteiger partial charge in [0.15, 0.2) is 5.96 Å². The summed E-state index contributed by atoms with van der Waals surface area (Å²) in [6, 6.07) is 11.5. The van der Waals surface area contributed by atoms with Crippen molar-refractivity contribution in [3.05, 3.63) is 71.9 Å². The van der Waals surface area contributed by atoms with Crippen molar-refractivity contribution in [2.45, 2.75) is 62.7 Å². The van der Waals surface area contributed by atoms with Gasteiger partial charge in [-0.2, -0.15) is 0 Å². The van der Waals surface area contributed by atoms with E-state index in [-0.39, 0.29) is 51.0 Å². The number of hydrogen-bond acceptors (Lipinski definition) is 7. The molecule has 0 radical (unpaired) electrons. The van der Waals surface area contributed by atoms with Crippen molar-refractivity contribution in [1.29, 1.82) is 0 Å². The molecule has 15 nitrogen and oxygen atoms in total. The molecular formula is C31H41N9O6. The molecule has 2 aromatic carbocycles. The second-order valence-electron chi connectivity index (χ2n) is 10.8. The normalized spacial score (nSPS) is 13.5. The first kappa shape index (κ1) is 35.0. The molecule has 0 bridgehead atoms. The zero-order valence-corrected chi connectivity index (χ0v) is 25.3. The molecule has 4 unspecified atom stereocenters. The number of guanidine groups is 1. The Morgan fingerprint density at radius 1 is 0.783 bits per heavy atom. The number of nitrogens with zero attached hydrogens (tertiary/aromatic N) is 1. The Bertz CT molecular complexity index is 1540. The maximum Gasteiger partial charge on any atom is 0.326 e. The van der Waals surface area contributed by atoms with E-state index < -0.39 is 53.8 Å². The molecular weight excluding hydrogens is 594 g/mol. The number of benzene rings is 2. The minimum absolute atomic E-state index is 0.00924. The first-order valence-corrected chi connectivity index (χ1v) is 14.8. The lowest BCUT2D eigenvalue weighted by atomic mass is 10.0. The van der Waals surface area contributed by atoms with E-state index in [1.165, 1.54) is 0 Å². The Morgan fingerprint density at radius 3 is 2.09 bits per heavy atom. The molecule has 3 rings (SSSR count). The highest BCUT2D eigenvalue weighted by Crippen LogP contribution is 2.19. The van der Waals surface area contributed by atoms with Gasteiger partial charge < -0.3 is 49.0 Å². The number of carboxylic acid groups (broad SMARTS) is 1. The summed E-state index contributed by atoms with van der Waals surface area (Å²) in [4.78, 5) is 70.5. The lowest BCUT2D eigenvalue weighted by molar-refractivity contribution is -0.142. The summed E-state index contributed by atoms with van der Waals surface area (Å²) in [5.41, 5.74) is 24.5. The average Bonchev–Trinajstić information content (AvgIpc) is 3.42. The monoisotopic (exact) mass is 635 g/mol. The van der Waals surface area contributed by atoms with Gasteiger partial charge in [-0.1, -0.05) is 48.5 Å². The average molecular weight is 636 g/mol. The lowest BCUT2D eigenvalue weighted by Gasteiger charge is -2.25. The van der Waals surface area contributed by atoms with Crippen molar-refractivity contribution in [2.24, 2.45) is 27.9 Å². The summed E-state index contributed by atoms with van der Waals surface area (Å²) in [7, 11) is 0. The Morgan fingerprint density at radius 2 is 1.41 bits per heavy atom. The highest BCUT2D eigenvalue weighted by molar-refractivity contribution is 5.95. The Hall–Kier alpha value is -5.44. The zero-order valence-electron chi connectivity index (χ0n) is 25.3. The van der Waals surface area contributed by atoms with E-state index in [2.05, 4.69) is 25.9 Å². The van der Waals surface area contributed by atoms with Gasteiger partial charge in [-0.25, -0.2) is 4.79 Å². The van der Waals surface area contributed by atoms with E-state index in [1.54, 1.807) is 36.5 Å². The fourth-order valence-corrected chi connectivity index (χ4v) is 4.83. The Labute approximate surface area is 265 Å². The van der Waals surface area contributed by atoms with Crippen LogP contribution in [0.1, 0.15) is 36.8 Å². The highest BCUT2D eigenvalue weighted by atomic mass is 16.4. The van der Waals surface area contributed by atoms with Crippen molar-refractivity contribution in [2.75, 3.05) is 6.54 Å². The molecule has 0 aliphatic carbocycles. The zero-order chi connectivity index (χ0) is 33.6. The summed E-state index contributed by atoms with van der Waals surface area (Å²) in [6.07, 6.45) is 1.83. The second kappa shape index (κ2) is 17.2. The van der Waals surface area contributed by atoms with E-state index in [4.69, 9.17) is 22.9 Å². The molecule has 46 heavy (non-hydrogen) atoms. The summed E-state index contributed by atoms with van der Waals surface area (Å²) in [5.74, 6) is -4.30. The number of carboxylic acids is 1. The van der Waals surface area contributed by atoms with Gasteiger partial charge in [0.1, 0.15) is 18.1 Å². The molecule has 4 amide bonds. The summed E-state index contributed by atoms with van der Waals surface area (Å²) in [6.45, 7) is 0.163. The van der Waals surface area contributed by atoms with Crippen molar-refractivity contribution in [1.82, 2.24) is 20.9 Å². The van der Waals surface area contributed by atoms with Crippen LogP contribution in [0.4, 0.5) is 0 Å². The van der Waals surface area contributed by atoms with E-state index in [1.807, 2.05) is 24.3 Å². The topological polar surface area (TPSA) is 274 Å². The molecule has 3 aromatic rings. The van der Waals surface area contributed by atoms with Crippen LogP contribution in [0.3, 0.4) is 0 Å². The predicted octanol–water partition coefficient (Wildman–Crippen LogP) is -0.861. The number of fused-ring (bicyclic) bond motifs is 1. The number of aromatic amines is 1. The number of rotatable bonds is 18. The van der Waals surface area contributed by atoms with Crippen LogP contribution in [0.2, 0.25) is 0 Å². The predicted molar refractivity (Wildman–Crippen MR) is 172 cm³/mol. The largest absolute Gasteiger partial charge is 0.480 e. The standard InChI is InChI=1S/C31H41N9O6/c32-21(16-19-17-37-22-10-5-4-9-20(19)22)27(42)38-23(12-13-26(33)41)28(43)40-25(15-18-7-2-1-3-8-18)29(44)39-24(30(45)46)11-6-14-36-31(34)35/h1-5,7-10,17,21,23-25,37H,6,11-16,32H2,(H2,33,41)(H,38,42)(H,39,44)(H,40,43)(H,45,46)(H4,34,35,36). The first-order valence-electron chi connectivity index (χ1n) is 14.8. The van der Waals surface area contributed by atoms with Crippen LogP contribution in [0, 0.1) is 0 Å². The van der Waals surface area contributed by atoms with Gasteiger partial charge in [-0.15, -0.1) is 0 Å². The van der Waals surface area contributed by atoms with E-state index >= 15 is 0 Å². The van der Waals surface area contributed by atoms with Crippen LogP contribution in [-0.4, -0.2) is 76.4 Å².